The van der Waals surface area contributed by atoms with Crippen LogP contribution in [0.4, 0.5) is 5.13 Å². The third-order valence-corrected chi connectivity index (χ3v) is 4.90. The van der Waals surface area contributed by atoms with Crippen molar-refractivity contribution < 1.29 is 9.90 Å². The van der Waals surface area contributed by atoms with Crippen molar-refractivity contribution in [2.75, 3.05) is 25.0 Å². The number of pyridine rings is 1. The van der Waals surface area contributed by atoms with Crippen LogP contribution in [0.5, 0.6) is 0 Å². The van der Waals surface area contributed by atoms with E-state index in [4.69, 9.17) is 0 Å². The maximum absolute atomic E-state index is 11.9. The molecule has 0 radical (unpaired) electrons. The monoisotopic (exact) mass is 332 g/mol. The van der Waals surface area contributed by atoms with Crippen LogP contribution in [-0.4, -0.2) is 45.5 Å². The van der Waals surface area contributed by atoms with Gasteiger partial charge in [0.05, 0.1) is 5.60 Å². The van der Waals surface area contributed by atoms with Gasteiger partial charge in [0.25, 0.3) is 0 Å². The number of hydrogen-bond acceptors (Lipinski definition) is 6. The predicted octanol–water partition coefficient (Wildman–Crippen LogP) is 1.85. The van der Waals surface area contributed by atoms with Gasteiger partial charge in [-0.05, 0) is 18.9 Å². The Bertz CT molecular complexity index is 625. The predicted molar refractivity (Wildman–Crippen MR) is 89.2 cm³/mol. The Labute approximate surface area is 139 Å². The zero-order valence-corrected chi connectivity index (χ0v) is 13.6. The number of carbonyl (C=O) groups excluding carboxylic acids is 1. The van der Waals surface area contributed by atoms with E-state index in [1.54, 1.807) is 18.6 Å². The molecule has 1 aliphatic heterocycles. The Kier molecular flexibility index (Phi) is 5.00. The Morgan fingerprint density at radius 2 is 2.22 bits per heavy atom. The van der Waals surface area contributed by atoms with Crippen molar-refractivity contribution in [1.82, 2.24) is 14.9 Å². The summed E-state index contributed by atoms with van der Waals surface area (Å²) in [5.41, 5.74) is 0.0784. The molecular formula is C16H20N4O2S. The summed E-state index contributed by atoms with van der Waals surface area (Å²) in [4.78, 5) is 22.2. The fraction of sp³-hybridized carbons (Fsp3) is 0.438. The summed E-state index contributed by atoms with van der Waals surface area (Å²) in [6.07, 6.45) is 6.87. The highest BCUT2D eigenvalue weighted by Gasteiger charge is 2.34. The molecule has 1 amide bonds. The van der Waals surface area contributed by atoms with Crippen LogP contribution < -0.4 is 5.32 Å². The fourth-order valence-corrected chi connectivity index (χ4v) is 3.34. The molecule has 0 spiro atoms. The van der Waals surface area contributed by atoms with Crippen molar-refractivity contribution in [3.05, 3.63) is 41.7 Å². The number of rotatable bonds is 5. The number of aliphatic hydroxyl groups is 1. The lowest BCUT2D eigenvalue weighted by Crippen LogP contribution is -2.43. The first-order valence-electron chi connectivity index (χ1n) is 7.70. The quantitative estimate of drug-likeness (QED) is 0.874. The highest BCUT2D eigenvalue weighted by molar-refractivity contribution is 7.13. The molecule has 23 heavy (non-hydrogen) atoms. The van der Waals surface area contributed by atoms with E-state index in [0.717, 1.165) is 18.7 Å². The maximum atomic E-state index is 11.9. The van der Waals surface area contributed by atoms with Gasteiger partial charge in [0.1, 0.15) is 0 Å². The van der Waals surface area contributed by atoms with Gasteiger partial charge in [0.2, 0.25) is 5.91 Å². The van der Waals surface area contributed by atoms with Crippen molar-refractivity contribution in [3.8, 4) is 0 Å². The summed E-state index contributed by atoms with van der Waals surface area (Å²) in [6, 6.07) is 3.77. The average molecular weight is 332 g/mol. The van der Waals surface area contributed by atoms with E-state index in [1.807, 2.05) is 17.5 Å². The van der Waals surface area contributed by atoms with Gasteiger partial charge in [-0.25, -0.2) is 4.98 Å². The van der Waals surface area contributed by atoms with Crippen molar-refractivity contribution in [2.45, 2.75) is 24.9 Å². The van der Waals surface area contributed by atoms with E-state index in [0.29, 0.717) is 30.9 Å². The van der Waals surface area contributed by atoms with Crippen LogP contribution in [0.2, 0.25) is 0 Å². The molecule has 0 atom stereocenters. The molecule has 122 valence electrons. The highest BCUT2D eigenvalue weighted by Crippen LogP contribution is 2.32. The number of piperidine rings is 1. The second-order valence-corrected chi connectivity index (χ2v) is 6.64. The molecule has 3 rings (SSSR count). The first kappa shape index (κ1) is 16.0. The van der Waals surface area contributed by atoms with Crippen LogP contribution in [0.1, 0.15) is 24.8 Å². The zero-order valence-electron chi connectivity index (χ0n) is 12.8. The van der Waals surface area contributed by atoms with Crippen molar-refractivity contribution in [2.24, 2.45) is 0 Å². The largest absolute Gasteiger partial charge is 0.385 e. The number of thiazole rings is 1. The summed E-state index contributed by atoms with van der Waals surface area (Å²) in [5, 5.41) is 16.0. The van der Waals surface area contributed by atoms with Gasteiger partial charge in [0, 0.05) is 55.6 Å². The molecule has 0 aliphatic carbocycles. The van der Waals surface area contributed by atoms with E-state index < -0.39 is 5.60 Å². The molecule has 3 heterocycles. The number of hydrogen-bond donors (Lipinski definition) is 2. The Balaban J connectivity index is 1.45. The second kappa shape index (κ2) is 7.16. The first-order valence-corrected chi connectivity index (χ1v) is 8.58. The fourth-order valence-electron chi connectivity index (χ4n) is 2.80. The van der Waals surface area contributed by atoms with Crippen molar-refractivity contribution >= 4 is 22.4 Å². The molecule has 6 nitrogen and oxygen atoms in total. The van der Waals surface area contributed by atoms with Crippen LogP contribution >= 0.6 is 11.3 Å². The molecule has 2 aromatic rings. The molecule has 0 unspecified atom stereocenters. The summed E-state index contributed by atoms with van der Waals surface area (Å²) >= 11 is 1.41. The number of anilines is 1. The van der Waals surface area contributed by atoms with Gasteiger partial charge < -0.3 is 15.3 Å². The smallest absolute Gasteiger partial charge is 0.227 e. The number of aromatic nitrogens is 2. The molecule has 0 saturated carbocycles. The third-order valence-electron chi connectivity index (χ3n) is 4.22. The molecular weight excluding hydrogens is 312 g/mol. The van der Waals surface area contributed by atoms with Gasteiger partial charge in [-0.15, -0.1) is 11.3 Å². The van der Waals surface area contributed by atoms with E-state index in [2.05, 4.69) is 20.2 Å². The lowest BCUT2D eigenvalue weighted by molar-refractivity contribution is -0.116. The molecule has 2 N–H and O–H groups in total. The van der Waals surface area contributed by atoms with Crippen molar-refractivity contribution in [3.63, 3.8) is 0 Å². The molecule has 7 heteroatoms. The topological polar surface area (TPSA) is 78.4 Å². The van der Waals surface area contributed by atoms with Crippen LogP contribution in [0.3, 0.4) is 0 Å². The lowest BCUT2D eigenvalue weighted by atomic mass is 9.85. The maximum Gasteiger partial charge on any atom is 0.227 e. The average Bonchev–Trinajstić information content (AvgIpc) is 3.08. The summed E-state index contributed by atoms with van der Waals surface area (Å²) in [5.74, 6) is -0.0203. The van der Waals surface area contributed by atoms with Gasteiger partial charge in [-0.3, -0.25) is 9.78 Å². The molecule has 1 fully saturated rings. The summed E-state index contributed by atoms with van der Waals surface area (Å²) in [7, 11) is 0. The highest BCUT2D eigenvalue weighted by atomic mass is 32.1. The van der Waals surface area contributed by atoms with Gasteiger partial charge in [-0.2, -0.15) is 0 Å². The number of likely N-dealkylation sites (tertiary alicyclic amines) is 1. The normalized spacial score (nSPS) is 17.8. The molecule has 0 aromatic carbocycles. The van der Waals surface area contributed by atoms with Crippen LogP contribution in [0, 0.1) is 0 Å². The van der Waals surface area contributed by atoms with E-state index in [9.17, 15) is 9.90 Å². The van der Waals surface area contributed by atoms with Crippen LogP contribution in [0.15, 0.2) is 36.1 Å². The van der Waals surface area contributed by atoms with Gasteiger partial charge >= 0.3 is 0 Å². The molecule has 2 aromatic heterocycles. The number of carbonyl (C=O) groups is 1. The molecule has 0 bridgehead atoms. The minimum absolute atomic E-state index is 0.0203. The lowest BCUT2D eigenvalue weighted by Gasteiger charge is -2.38. The molecule has 1 aliphatic rings. The van der Waals surface area contributed by atoms with Crippen LogP contribution in [-0.2, 0) is 10.4 Å². The molecule has 1 saturated heterocycles. The Morgan fingerprint density at radius 1 is 1.39 bits per heavy atom. The van der Waals surface area contributed by atoms with E-state index in [-0.39, 0.29) is 5.91 Å². The summed E-state index contributed by atoms with van der Waals surface area (Å²) in [6.45, 7) is 2.24. The Hall–Kier alpha value is -1.83. The van der Waals surface area contributed by atoms with E-state index >= 15 is 0 Å². The second-order valence-electron chi connectivity index (χ2n) is 5.75. The SMILES string of the molecule is O=C(CCN1CCC(O)(c2cccnc2)CC1)Nc1nccs1. The number of amides is 1. The minimum atomic E-state index is -0.798. The van der Waals surface area contributed by atoms with E-state index in [1.165, 1.54) is 11.3 Å². The van der Waals surface area contributed by atoms with Gasteiger partial charge in [0.15, 0.2) is 5.13 Å². The van der Waals surface area contributed by atoms with Crippen LogP contribution in [0.25, 0.3) is 0 Å². The zero-order chi connectivity index (χ0) is 16.1. The Morgan fingerprint density at radius 3 is 2.87 bits per heavy atom. The standard InChI is InChI=1S/C16H20N4O2S/c21-14(19-15-18-7-11-23-15)3-8-20-9-4-16(22,5-10-20)13-2-1-6-17-12-13/h1-2,6-7,11-12,22H,3-5,8-10H2,(H,18,19,21). The first-order chi connectivity index (χ1) is 11.2. The minimum Gasteiger partial charge on any atom is -0.385 e. The number of nitrogens with one attached hydrogen (secondary N) is 1. The third kappa shape index (κ3) is 4.13. The van der Waals surface area contributed by atoms with Crippen molar-refractivity contribution in [1.29, 1.82) is 0 Å². The number of nitrogens with zero attached hydrogens (tertiary/aromatic N) is 3. The summed E-state index contributed by atoms with van der Waals surface area (Å²) < 4.78 is 0. The van der Waals surface area contributed by atoms with Gasteiger partial charge in [-0.1, -0.05) is 6.07 Å².